The summed E-state index contributed by atoms with van der Waals surface area (Å²) >= 11 is 1.29. The quantitative estimate of drug-likeness (QED) is 0.862. The van der Waals surface area contributed by atoms with Crippen molar-refractivity contribution in [3.63, 3.8) is 0 Å². The molecule has 0 aromatic carbocycles. The lowest BCUT2D eigenvalue weighted by atomic mass is 9.74. The van der Waals surface area contributed by atoms with Gasteiger partial charge in [0.05, 0.1) is 6.10 Å². The van der Waals surface area contributed by atoms with Crippen molar-refractivity contribution in [1.82, 2.24) is 4.31 Å². The van der Waals surface area contributed by atoms with Crippen LogP contribution in [0.2, 0.25) is 0 Å². The Hall–Kier alpha value is -0.470. The highest BCUT2D eigenvalue weighted by Gasteiger charge is 2.40. The van der Waals surface area contributed by atoms with Crippen LogP contribution in [0.4, 0.5) is 0 Å². The number of rotatable bonds is 5. The lowest BCUT2D eigenvalue weighted by Crippen LogP contribution is -2.46. The molecule has 2 aliphatic rings. The smallest absolute Gasteiger partial charge is 0.252 e. The van der Waals surface area contributed by atoms with Gasteiger partial charge in [-0.05, 0) is 67.9 Å². The Balaban J connectivity index is 1.66. The summed E-state index contributed by atoms with van der Waals surface area (Å²) in [5.74, 6) is 0. The highest BCUT2D eigenvalue weighted by molar-refractivity contribution is 7.91. The number of piperidine rings is 1. The molecule has 0 aliphatic carbocycles. The van der Waals surface area contributed by atoms with E-state index in [4.69, 9.17) is 4.74 Å². The van der Waals surface area contributed by atoms with Crippen LogP contribution in [-0.2, 0) is 14.8 Å². The second kappa shape index (κ2) is 7.41. The van der Waals surface area contributed by atoms with Crippen molar-refractivity contribution in [1.29, 1.82) is 0 Å². The molecule has 1 atom stereocenters. The van der Waals surface area contributed by atoms with Crippen molar-refractivity contribution in [2.24, 2.45) is 5.41 Å². The number of sulfonamides is 1. The normalized spacial score (nSPS) is 25.7. The zero-order valence-electron chi connectivity index (χ0n) is 14.2. The molecule has 0 amide bonds. The van der Waals surface area contributed by atoms with Gasteiger partial charge in [-0.3, -0.25) is 0 Å². The number of ether oxygens (including phenoxy) is 1. The first-order valence-corrected chi connectivity index (χ1v) is 11.1. The van der Waals surface area contributed by atoms with Crippen molar-refractivity contribution in [3.8, 4) is 0 Å². The number of hydrogen-bond donors (Lipinski definition) is 1. The molecule has 5 nitrogen and oxygen atoms in total. The van der Waals surface area contributed by atoms with Crippen LogP contribution in [0.3, 0.4) is 0 Å². The summed E-state index contributed by atoms with van der Waals surface area (Å²) in [7, 11) is -3.40. The summed E-state index contributed by atoms with van der Waals surface area (Å²) < 4.78 is 33.5. The zero-order chi connectivity index (χ0) is 17.2. The predicted octanol–water partition coefficient (Wildman–Crippen LogP) is 2.78. The van der Waals surface area contributed by atoms with E-state index >= 15 is 0 Å². The molecular weight excluding hydrogens is 346 g/mol. The van der Waals surface area contributed by atoms with Crippen LogP contribution < -0.4 is 0 Å². The summed E-state index contributed by atoms with van der Waals surface area (Å²) in [6.45, 7) is 3.72. The molecule has 1 aromatic rings. The van der Waals surface area contributed by atoms with Gasteiger partial charge in [-0.1, -0.05) is 0 Å². The van der Waals surface area contributed by atoms with Crippen LogP contribution in [0, 0.1) is 12.3 Å². The second-order valence-electron chi connectivity index (χ2n) is 7.15. The van der Waals surface area contributed by atoms with E-state index in [2.05, 4.69) is 0 Å². The van der Waals surface area contributed by atoms with Crippen molar-refractivity contribution >= 4 is 21.4 Å². The van der Waals surface area contributed by atoms with Crippen LogP contribution in [0.5, 0.6) is 0 Å². The van der Waals surface area contributed by atoms with E-state index in [1.807, 2.05) is 18.4 Å². The summed E-state index contributed by atoms with van der Waals surface area (Å²) in [5, 5.41) is 11.8. The maximum Gasteiger partial charge on any atom is 0.252 e. The fourth-order valence-corrected chi connectivity index (χ4v) is 6.81. The first kappa shape index (κ1) is 18.3. The van der Waals surface area contributed by atoms with Gasteiger partial charge in [0.1, 0.15) is 4.21 Å². The second-order valence-corrected chi connectivity index (χ2v) is 10.2. The minimum atomic E-state index is -3.40. The molecule has 1 N–H and O–H groups in total. The Morgan fingerprint density at radius 2 is 2.12 bits per heavy atom. The molecule has 7 heteroatoms. The predicted molar refractivity (Wildman–Crippen MR) is 94.8 cm³/mol. The van der Waals surface area contributed by atoms with Crippen LogP contribution in [0.15, 0.2) is 15.7 Å². The highest BCUT2D eigenvalue weighted by atomic mass is 32.2. The van der Waals surface area contributed by atoms with E-state index in [1.165, 1.54) is 17.8 Å². The van der Waals surface area contributed by atoms with E-state index in [9.17, 15) is 13.5 Å². The monoisotopic (exact) mass is 373 g/mol. The number of hydrogen-bond acceptors (Lipinski definition) is 5. The van der Waals surface area contributed by atoms with E-state index in [0.717, 1.165) is 31.4 Å². The fraction of sp³-hybridized carbons (Fsp3) is 0.765. The van der Waals surface area contributed by atoms with Gasteiger partial charge in [0, 0.05) is 26.3 Å². The molecule has 0 spiro atoms. The number of aliphatic hydroxyl groups excluding tert-OH is 1. The lowest BCUT2D eigenvalue weighted by molar-refractivity contribution is -0.0421. The molecule has 0 bridgehead atoms. The van der Waals surface area contributed by atoms with Crippen molar-refractivity contribution < 1.29 is 18.3 Å². The number of aryl methyl sites for hydroxylation is 1. The minimum Gasteiger partial charge on any atom is -0.396 e. The average Bonchev–Trinajstić information content (AvgIpc) is 3.03. The van der Waals surface area contributed by atoms with Gasteiger partial charge >= 0.3 is 0 Å². The molecule has 2 saturated heterocycles. The molecule has 24 heavy (non-hydrogen) atoms. The van der Waals surface area contributed by atoms with E-state index in [-0.39, 0.29) is 18.1 Å². The Morgan fingerprint density at radius 1 is 1.38 bits per heavy atom. The van der Waals surface area contributed by atoms with E-state index in [0.29, 0.717) is 30.1 Å². The summed E-state index contributed by atoms with van der Waals surface area (Å²) in [6.07, 6.45) is 5.82. The Labute approximate surface area is 148 Å². The molecule has 2 aliphatic heterocycles. The summed E-state index contributed by atoms with van der Waals surface area (Å²) in [4.78, 5) is 0. The largest absolute Gasteiger partial charge is 0.396 e. The standard InChI is InChI=1S/C17H27NO4S2/c1-14-5-11-23-16(14)24(20,21)18-8-6-17(13-19,7-9-18)12-15-4-2-3-10-22-15/h5,11,15,19H,2-4,6-10,12-13H2,1H3/t15-/m1/s1. The van der Waals surface area contributed by atoms with Gasteiger partial charge in [-0.15, -0.1) is 11.3 Å². The van der Waals surface area contributed by atoms with E-state index < -0.39 is 10.0 Å². The zero-order valence-corrected chi connectivity index (χ0v) is 15.9. The molecule has 0 saturated carbocycles. The van der Waals surface area contributed by atoms with E-state index in [1.54, 1.807) is 4.31 Å². The maximum atomic E-state index is 12.8. The van der Waals surface area contributed by atoms with Gasteiger partial charge in [0.25, 0.3) is 10.0 Å². The SMILES string of the molecule is Cc1ccsc1S(=O)(=O)N1CCC(CO)(C[C@H]2CCCCO2)CC1. The molecule has 2 fully saturated rings. The minimum absolute atomic E-state index is 0.110. The number of nitrogens with zero attached hydrogens (tertiary/aromatic N) is 1. The number of aliphatic hydroxyl groups is 1. The third-order valence-electron chi connectivity index (χ3n) is 5.44. The summed E-state index contributed by atoms with van der Waals surface area (Å²) in [5.41, 5.74) is 0.619. The molecule has 0 unspecified atom stereocenters. The Kier molecular flexibility index (Phi) is 5.66. The third-order valence-corrected chi connectivity index (χ3v) is 9.01. The van der Waals surface area contributed by atoms with Gasteiger partial charge in [0.2, 0.25) is 0 Å². The van der Waals surface area contributed by atoms with Crippen molar-refractivity contribution in [2.75, 3.05) is 26.3 Å². The van der Waals surface area contributed by atoms with Gasteiger partial charge in [-0.25, -0.2) is 8.42 Å². The highest BCUT2D eigenvalue weighted by Crippen LogP contribution is 2.40. The van der Waals surface area contributed by atoms with Crippen LogP contribution >= 0.6 is 11.3 Å². The summed E-state index contributed by atoms with van der Waals surface area (Å²) in [6, 6.07) is 1.85. The molecule has 3 heterocycles. The first-order valence-electron chi connectivity index (χ1n) is 8.74. The van der Waals surface area contributed by atoms with Gasteiger partial charge < -0.3 is 9.84 Å². The van der Waals surface area contributed by atoms with Crippen molar-refractivity contribution in [2.45, 2.75) is 55.8 Å². The fourth-order valence-electron chi connectivity index (χ4n) is 3.82. The first-order chi connectivity index (χ1) is 11.5. The third kappa shape index (κ3) is 3.70. The van der Waals surface area contributed by atoms with Gasteiger partial charge in [0.15, 0.2) is 0 Å². The van der Waals surface area contributed by atoms with Crippen LogP contribution in [0.25, 0.3) is 0 Å². The lowest BCUT2D eigenvalue weighted by Gasteiger charge is -2.42. The van der Waals surface area contributed by atoms with Crippen LogP contribution in [0.1, 0.15) is 44.1 Å². The molecule has 136 valence electrons. The Morgan fingerprint density at radius 3 is 2.67 bits per heavy atom. The molecule has 3 rings (SSSR count). The van der Waals surface area contributed by atoms with Crippen molar-refractivity contribution in [3.05, 3.63) is 17.0 Å². The average molecular weight is 374 g/mol. The topological polar surface area (TPSA) is 66.8 Å². The molecule has 1 aromatic heterocycles. The van der Waals surface area contributed by atoms with Gasteiger partial charge in [-0.2, -0.15) is 4.31 Å². The molecule has 0 radical (unpaired) electrons. The number of thiophene rings is 1. The van der Waals surface area contributed by atoms with Crippen LogP contribution in [-0.4, -0.2) is 50.2 Å². The Bertz CT molecular complexity index is 641. The molecular formula is C17H27NO4S2. The maximum absolute atomic E-state index is 12.8.